The molecule has 0 aromatic heterocycles. The molecule has 0 atom stereocenters. The molecule has 40 heavy (non-hydrogen) atoms. The van der Waals surface area contributed by atoms with Crippen LogP contribution in [-0.4, -0.2) is 26.2 Å². The van der Waals surface area contributed by atoms with Gasteiger partial charge < -0.3 is 9.80 Å². The van der Waals surface area contributed by atoms with E-state index in [4.69, 9.17) is 0 Å². The first kappa shape index (κ1) is 25.9. The lowest BCUT2D eigenvalue weighted by molar-refractivity contribution is 0.653. The Morgan fingerprint density at radius 1 is 0.650 bits per heavy atom. The normalized spacial score (nSPS) is 13.2. The van der Waals surface area contributed by atoms with Gasteiger partial charge in [-0.05, 0) is 70.1 Å². The molecule has 1 heterocycles. The number of piperazine rings is 1. The highest BCUT2D eigenvalue weighted by atomic mass is 79.9. The first-order chi connectivity index (χ1) is 19.7. The van der Waals surface area contributed by atoms with Crippen molar-refractivity contribution in [1.29, 1.82) is 5.26 Å². The summed E-state index contributed by atoms with van der Waals surface area (Å²) in [6.07, 6.45) is 0.690. The highest BCUT2D eigenvalue weighted by molar-refractivity contribution is 9.10. The largest absolute Gasteiger partial charge is 0.368 e. The lowest BCUT2D eigenvalue weighted by Crippen LogP contribution is -2.46. The Morgan fingerprint density at radius 3 is 1.85 bits per heavy atom. The molecule has 5 aromatic rings. The monoisotopic (exact) mass is 583 g/mol. The van der Waals surface area contributed by atoms with Crippen LogP contribution in [0.5, 0.6) is 0 Å². The lowest BCUT2D eigenvalue weighted by Gasteiger charge is -2.38. The SMILES string of the molecule is N#Cc1c(N2CCN(c3ccccc3)CC2)cc(-c2ccc(Br)cc2)c(-c2ccccc2)c1Cc1ccccc1. The highest BCUT2D eigenvalue weighted by Crippen LogP contribution is 2.43. The fraction of sp³-hybridized carbons (Fsp3) is 0.139. The molecular weight excluding hydrogens is 554 g/mol. The van der Waals surface area contributed by atoms with Crippen molar-refractivity contribution in [2.45, 2.75) is 6.42 Å². The molecule has 0 bridgehead atoms. The van der Waals surface area contributed by atoms with Crippen molar-refractivity contribution in [2.24, 2.45) is 0 Å². The number of rotatable bonds is 6. The Hall–Kier alpha value is -4.33. The van der Waals surface area contributed by atoms with E-state index in [2.05, 4.69) is 141 Å². The molecule has 1 fully saturated rings. The van der Waals surface area contributed by atoms with E-state index < -0.39 is 0 Å². The van der Waals surface area contributed by atoms with Crippen LogP contribution in [0.4, 0.5) is 11.4 Å². The third-order valence-corrected chi connectivity index (χ3v) is 8.23. The molecule has 6 rings (SSSR count). The number of para-hydroxylation sites is 1. The second-order valence-electron chi connectivity index (χ2n) is 10.1. The predicted molar refractivity (Wildman–Crippen MR) is 170 cm³/mol. The molecule has 3 nitrogen and oxygen atoms in total. The van der Waals surface area contributed by atoms with Crippen molar-refractivity contribution in [1.82, 2.24) is 0 Å². The summed E-state index contributed by atoms with van der Waals surface area (Å²) < 4.78 is 1.05. The van der Waals surface area contributed by atoms with Crippen molar-refractivity contribution in [3.8, 4) is 28.3 Å². The lowest BCUT2D eigenvalue weighted by atomic mass is 9.84. The van der Waals surface area contributed by atoms with Crippen molar-refractivity contribution >= 4 is 27.3 Å². The second kappa shape index (κ2) is 11.8. The van der Waals surface area contributed by atoms with Crippen LogP contribution >= 0.6 is 15.9 Å². The Bertz CT molecular complexity index is 1620. The van der Waals surface area contributed by atoms with Gasteiger partial charge in [0.1, 0.15) is 6.07 Å². The molecule has 1 aliphatic heterocycles. The molecule has 0 radical (unpaired) electrons. The molecule has 0 spiro atoms. The van der Waals surface area contributed by atoms with Crippen molar-refractivity contribution in [3.63, 3.8) is 0 Å². The van der Waals surface area contributed by atoms with Crippen LogP contribution in [0.3, 0.4) is 0 Å². The number of nitrogens with zero attached hydrogens (tertiary/aromatic N) is 3. The van der Waals surface area contributed by atoms with Crippen molar-refractivity contribution < 1.29 is 0 Å². The molecule has 196 valence electrons. The standard InChI is InChI=1S/C36H30BrN3/c37-30-18-16-28(17-19-30)32-25-35(40-22-20-39(21-23-40)31-14-8-3-9-15-31)34(26-38)33(24-27-10-4-1-5-11-27)36(32)29-12-6-2-7-13-29/h1-19,25H,20-24H2. The van der Waals surface area contributed by atoms with Gasteiger partial charge in [-0.3, -0.25) is 0 Å². The van der Waals surface area contributed by atoms with Crippen LogP contribution < -0.4 is 9.80 Å². The predicted octanol–water partition coefficient (Wildman–Crippen LogP) is 8.57. The van der Waals surface area contributed by atoms with Crippen molar-refractivity contribution in [2.75, 3.05) is 36.0 Å². The van der Waals surface area contributed by atoms with Gasteiger partial charge in [-0.2, -0.15) is 5.26 Å². The van der Waals surface area contributed by atoms with Crippen LogP contribution in [0.25, 0.3) is 22.3 Å². The van der Waals surface area contributed by atoms with Gasteiger partial charge >= 0.3 is 0 Å². The number of hydrogen-bond donors (Lipinski definition) is 0. The summed E-state index contributed by atoms with van der Waals surface area (Å²) in [6, 6.07) is 45.1. The van der Waals surface area contributed by atoms with Crippen LogP contribution in [0.1, 0.15) is 16.7 Å². The molecule has 0 N–H and O–H groups in total. The first-order valence-corrected chi connectivity index (χ1v) is 14.5. The molecule has 0 saturated carbocycles. The van der Waals surface area contributed by atoms with Gasteiger partial charge in [-0.1, -0.05) is 107 Å². The zero-order valence-corrected chi connectivity index (χ0v) is 23.9. The maximum Gasteiger partial charge on any atom is 0.102 e. The van der Waals surface area contributed by atoms with E-state index >= 15 is 0 Å². The van der Waals surface area contributed by atoms with E-state index in [9.17, 15) is 5.26 Å². The third kappa shape index (κ3) is 5.39. The fourth-order valence-corrected chi connectivity index (χ4v) is 5.97. The summed E-state index contributed by atoms with van der Waals surface area (Å²) in [4.78, 5) is 4.84. The minimum atomic E-state index is 0.690. The highest BCUT2D eigenvalue weighted by Gasteiger charge is 2.26. The minimum Gasteiger partial charge on any atom is -0.368 e. The zero-order valence-electron chi connectivity index (χ0n) is 22.3. The summed E-state index contributed by atoms with van der Waals surface area (Å²) >= 11 is 3.61. The molecular formula is C36H30BrN3. The number of hydrogen-bond acceptors (Lipinski definition) is 3. The van der Waals surface area contributed by atoms with Crippen LogP contribution in [0.15, 0.2) is 126 Å². The summed E-state index contributed by atoms with van der Waals surface area (Å²) in [7, 11) is 0. The Balaban J connectivity index is 1.52. The summed E-state index contributed by atoms with van der Waals surface area (Å²) in [5.41, 5.74) is 9.90. The van der Waals surface area contributed by atoms with Gasteiger partial charge in [0, 0.05) is 36.3 Å². The second-order valence-corrected chi connectivity index (χ2v) is 11.0. The minimum absolute atomic E-state index is 0.690. The van der Waals surface area contributed by atoms with Crippen LogP contribution in [0, 0.1) is 11.3 Å². The van der Waals surface area contributed by atoms with Gasteiger partial charge in [-0.15, -0.1) is 0 Å². The summed E-state index contributed by atoms with van der Waals surface area (Å²) in [6.45, 7) is 3.55. The molecule has 0 unspecified atom stereocenters. The summed E-state index contributed by atoms with van der Waals surface area (Å²) in [5.74, 6) is 0. The molecule has 0 amide bonds. The van der Waals surface area contributed by atoms with E-state index in [1.807, 2.05) is 12.1 Å². The molecule has 5 aromatic carbocycles. The van der Waals surface area contributed by atoms with Gasteiger partial charge in [0.25, 0.3) is 0 Å². The maximum atomic E-state index is 10.7. The fourth-order valence-electron chi connectivity index (χ4n) is 5.71. The molecule has 4 heteroatoms. The zero-order chi connectivity index (χ0) is 27.3. The topological polar surface area (TPSA) is 30.3 Å². The van der Waals surface area contributed by atoms with Gasteiger partial charge in [0.2, 0.25) is 0 Å². The average Bonchev–Trinajstić information content (AvgIpc) is 3.02. The molecule has 0 aliphatic carbocycles. The van der Waals surface area contributed by atoms with E-state index in [0.717, 1.165) is 69.7 Å². The van der Waals surface area contributed by atoms with E-state index in [-0.39, 0.29) is 0 Å². The van der Waals surface area contributed by atoms with Crippen LogP contribution in [0.2, 0.25) is 0 Å². The smallest absolute Gasteiger partial charge is 0.102 e. The number of nitriles is 1. The Morgan fingerprint density at radius 2 is 1.23 bits per heavy atom. The van der Waals surface area contributed by atoms with Crippen LogP contribution in [-0.2, 0) is 6.42 Å². The molecule has 1 aliphatic rings. The maximum absolute atomic E-state index is 10.7. The Kier molecular flexibility index (Phi) is 7.66. The number of anilines is 2. The quantitative estimate of drug-likeness (QED) is 0.200. The first-order valence-electron chi connectivity index (χ1n) is 13.7. The van der Waals surface area contributed by atoms with Crippen molar-refractivity contribution in [3.05, 3.63) is 142 Å². The molecule has 1 saturated heterocycles. The van der Waals surface area contributed by atoms with E-state index in [1.54, 1.807) is 0 Å². The Labute approximate surface area is 245 Å². The van der Waals surface area contributed by atoms with Gasteiger partial charge in [0.05, 0.1) is 11.3 Å². The van der Waals surface area contributed by atoms with E-state index in [1.165, 1.54) is 11.3 Å². The third-order valence-electron chi connectivity index (χ3n) is 7.71. The van der Waals surface area contributed by atoms with E-state index in [0.29, 0.717) is 6.42 Å². The van der Waals surface area contributed by atoms with Gasteiger partial charge in [0.15, 0.2) is 0 Å². The number of halogens is 1. The average molecular weight is 585 g/mol. The van der Waals surface area contributed by atoms with Gasteiger partial charge in [-0.25, -0.2) is 0 Å². The summed E-state index contributed by atoms with van der Waals surface area (Å²) in [5, 5.41) is 10.7. The number of benzene rings is 5.